The number of carbonyl (C=O) groups is 1. The molecule has 0 aliphatic heterocycles. The normalized spacial score (nSPS) is 11.0. The SMILES string of the molecule is CCc1nnc(-c2cc(C)n(CC(=O)Nc3cc(C)cc(C)c3)c2C)o1. The monoisotopic (exact) mass is 352 g/mol. The van der Waals surface area contributed by atoms with Crippen molar-refractivity contribution in [3.05, 3.63) is 52.7 Å². The van der Waals surface area contributed by atoms with Gasteiger partial charge in [0.05, 0.1) is 5.56 Å². The molecule has 2 aromatic heterocycles. The van der Waals surface area contributed by atoms with E-state index in [-0.39, 0.29) is 12.5 Å². The molecule has 3 aromatic rings. The van der Waals surface area contributed by atoms with Gasteiger partial charge in [-0.05, 0) is 57.0 Å². The third kappa shape index (κ3) is 3.69. The molecule has 0 saturated heterocycles. The van der Waals surface area contributed by atoms with E-state index in [0.717, 1.165) is 33.8 Å². The van der Waals surface area contributed by atoms with Gasteiger partial charge in [-0.1, -0.05) is 13.0 Å². The summed E-state index contributed by atoms with van der Waals surface area (Å²) in [5.74, 6) is 1.04. The highest BCUT2D eigenvalue weighted by Crippen LogP contribution is 2.26. The second-order valence-corrected chi connectivity index (χ2v) is 6.65. The average molecular weight is 352 g/mol. The van der Waals surface area contributed by atoms with Crippen molar-refractivity contribution in [2.24, 2.45) is 0 Å². The lowest BCUT2D eigenvalue weighted by Crippen LogP contribution is -2.20. The molecule has 0 fully saturated rings. The maximum absolute atomic E-state index is 12.5. The molecule has 6 nitrogen and oxygen atoms in total. The molecule has 1 N–H and O–H groups in total. The first kappa shape index (κ1) is 17.9. The van der Waals surface area contributed by atoms with Gasteiger partial charge in [0.1, 0.15) is 6.54 Å². The highest BCUT2D eigenvalue weighted by Gasteiger charge is 2.17. The lowest BCUT2D eigenvalue weighted by Gasteiger charge is -2.11. The number of nitrogens with zero attached hydrogens (tertiary/aromatic N) is 3. The molecule has 2 heterocycles. The van der Waals surface area contributed by atoms with Gasteiger partial charge in [-0.15, -0.1) is 10.2 Å². The summed E-state index contributed by atoms with van der Waals surface area (Å²) in [5.41, 5.74) is 5.85. The minimum Gasteiger partial charge on any atom is -0.421 e. The van der Waals surface area contributed by atoms with Crippen LogP contribution in [-0.2, 0) is 17.8 Å². The van der Waals surface area contributed by atoms with Crippen LogP contribution in [0, 0.1) is 27.7 Å². The van der Waals surface area contributed by atoms with Crippen LogP contribution in [0.15, 0.2) is 28.7 Å². The number of anilines is 1. The fourth-order valence-electron chi connectivity index (χ4n) is 3.16. The Hall–Kier alpha value is -2.89. The molecule has 0 aliphatic rings. The van der Waals surface area contributed by atoms with Crippen molar-refractivity contribution < 1.29 is 9.21 Å². The van der Waals surface area contributed by atoms with E-state index in [1.807, 2.05) is 57.4 Å². The van der Waals surface area contributed by atoms with E-state index in [4.69, 9.17) is 4.42 Å². The predicted molar refractivity (Wildman–Crippen MR) is 101 cm³/mol. The van der Waals surface area contributed by atoms with Gasteiger partial charge < -0.3 is 14.3 Å². The minimum absolute atomic E-state index is 0.0665. The largest absolute Gasteiger partial charge is 0.421 e. The summed E-state index contributed by atoms with van der Waals surface area (Å²) in [6.45, 7) is 10.2. The van der Waals surface area contributed by atoms with Crippen molar-refractivity contribution >= 4 is 11.6 Å². The van der Waals surface area contributed by atoms with Crippen LogP contribution < -0.4 is 5.32 Å². The molecule has 0 saturated carbocycles. The van der Waals surface area contributed by atoms with Crippen molar-refractivity contribution in [1.82, 2.24) is 14.8 Å². The smallest absolute Gasteiger partial charge is 0.249 e. The van der Waals surface area contributed by atoms with E-state index < -0.39 is 0 Å². The van der Waals surface area contributed by atoms with Gasteiger partial charge >= 0.3 is 0 Å². The number of hydrogen-bond donors (Lipinski definition) is 1. The maximum Gasteiger partial charge on any atom is 0.249 e. The first-order chi connectivity index (χ1) is 12.4. The number of carbonyl (C=O) groups excluding carboxylic acids is 1. The van der Waals surface area contributed by atoms with Crippen LogP contribution in [0.25, 0.3) is 11.5 Å². The fraction of sp³-hybridized carbons (Fsp3) is 0.350. The van der Waals surface area contributed by atoms with E-state index in [1.54, 1.807) is 0 Å². The van der Waals surface area contributed by atoms with Crippen molar-refractivity contribution in [3.8, 4) is 11.5 Å². The summed E-state index contributed by atoms with van der Waals surface area (Å²) in [7, 11) is 0. The number of rotatable bonds is 5. The molecule has 26 heavy (non-hydrogen) atoms. The molecule has 3 rings (SSSR count). The molecule has 0 spiro atoms. The van der Waals surface area contributed by atoms with Crippen molar-refractivity contribution in [2.75, 3.05) is 5.32 Å². The van der Waals surface area contributed by atoms with Crippen molar-refractivity contribution in [2.45, 2.75) is 47.6 Å². The van der Waals surface area contributed by atoms with Gasteiger partial charge in [0, 0.05) is 23.5 Å². The predicted octanol–water partition coefficient (Wildman–Crippen LogP) is 3.97. The lowest BCUT2D eigenvalue weighted by atomic mass is 10.1. The Morgan fingerprint density at radius 2 is 1.77 bits per heavy atom. The van der Waals surface area contributed by atoms with Gasteiger partial charge in [0.15, 0.2) is 0 Å². The Kier molecular flexibility index (Phi) is 4.93. The van der Waals surface area contributed by atoms with Crippen LogP contribution in [0.2, 0.25) is 0 Å². The highest BCUT2D eigenvalue weighted by molar-refractivity contribution is 5.91. The average Bonchev–Trinajstić information content (AvgIpc) is 3.13. The fourth-order valence-corrected chi connectivity index (χ4v) is 3.16. The summed E-state index contributed by atoms with van der Waals surface area (Å²) in [5, 5.41) is 11.1. The van der Waals surface area contributed by atoms with E-state index >= 15 is 0 Å². The number of aryl methyl sites for hydroxylation is 4. The number of hydrogen-bond acceptors (Lipinski definition) is 4. The molecule has 0 radical (unpaired) electrons. The zero-order valence-corrected chi connectivity index (χ0v) is 15.9. The first-order valence-electron chi connectivity index (χ1n) is 8.75. The second-order valence-electron chi connectivity index (χ2n) is 6.65. The summed E-state index contributed by atoms with van der Waals surface area (Å²) in [6, 6.07) is 8.00. The molecule has 0 aliphatic carbocycles. The molecule has 6 heteroatoms. The van der Waals surface area contributed by atoms with Crippen LogP contribution in [0.5, 0.6) is 0 Å². The molecule has 0 atom stereocenters. The van der Waals surface area contributed by atoms with Crippen molar-refractivity contribution in [3.63, 3.8) is 0 Å². The highest BCUT2D eigenvalue weighted by atomic mass is 16.4. The summed E-state index contributed by atoms with van der Waals surface area (Å²) in [4.78, 5) is 12.5. The van der Waals surface area contributed by atoms with Gasteiger partial charge in [0.25, 0.3) is 0 Å². The number of nitrogens with one attached hydrogen (secondary N) is 1. The van der Waals surface area contributed by atoms with Gasteiger partial charge in [-0.2, -0.15) is 0 Å². The molecule has 1 amide bonds. The third-order valence-electron chi connectivity index (χ3n) is 4.38. The molecular formula is C20H24N4O2. The Balaban J connectivity index is 1.80. The summed E-state index contributed by atoms with van der Waals surface area (Å²) in [6.07, 6.45) is 0.698. The molecule has 0 unspecified atom stereocenters. The zero-order chi connectivity index (χ0) is 18.8. The standard InChI is InChI=1S/C20H24N4O2/c1-6-19-22-23-20(26-19)17-10-14(4)24(15(17)5)11-18(25)21-16-8-12(2)7-13(3)9-16/h7-10H,6,11H2,1-5H3,(H,21,25). The lowest BCUT2D eigenvalue weighted by molar-refractivity contribution is -0.116. The van der Waals surface area contributed by atoms with E-state index in [2.05, 4.69) is 21.6 Å². The van der Waals surface area contributed by atoms with Gasteiger partial charge in [0.2, 0.25) is 17.7 Å². The Morgan fingerprint density at radius 3 is 2.38 bits per heavy atom. The minimum atomic E-state index is -0.0665. The van der Waals surface area contributed by atoms with Gasteiger partial charge in [-0.25, -0.2) is 0 Å². The Labute approximate surface area is 153 Å². The molecule has 136 valence electrons. The van der Waals surface area contributed by atoms with Crippen LogP contribution >= 0.6 is 0 Å². The first-order valence-corrected chi connectivity index (χ1v) is 8.75. The van der Waals surface area contributed by atoms with E-state index in [0.29, 0.717) is 18.2 Å². The Morgan fingerprint density at radius 1 is 1.08 bits per heavy atom. The second kappa shape index (κ2) is 7.15. The molecular weight excluding hydrogens is 328 g/mol. The summed E-state index contributed by atoms with van der Waals surface area (Å²) < 4.78 is 7.62. The maximum atomic E-state index is 12.5. The van der Waals surface area contributed by atoms with Gasteiger partial charge in [-0.3, -0.25) is 4.79 Å². The van der Waals surface area contributed by atoms with Crippen LogP contribution in [0.1, 0.15) is 35.3 Å². The number of amides is 1. The summed E-state index contributed by atoms with van der Waals surface area (Å²) >= 11 is 0. The molecule has 0 bridgehead atoms. The number of benzene rings is 1. The topological polar surface area (TPSA) is 73.0 Å². The van der Waals surface area contributed by atoms with Crippen LogP contribution in [0.3, 0.4) is 0 Å². The number of aromatic nitrogens is 3. The quantitative estimate of drug-likeness (QED) is 0.754. The zero-order valence-electron chi connectivity index (χ0n) is 15.9. The van der Waals surface area contributed by atoms with Crippen molar-refractivity contribution in [1.29, 1.82) is 0 Å². The van der Waals surface area contributed by atoms with E-state index in [1.165, 1.54) is 0 Å². The molecule has 1 aromatic carbocycles. The third-order valence-corrected chi connectivity index (χ3v) is 4.38. The Bertz CT molecular complexity index is 933. The van der Waals surface area contributed by atoms with Crippen LogP contribution in [-0.4, -0.2) is 20.7 Å². The van der Waals surface area contributed by atoms with Crippen LogP contribution in [0.4, 0.5) is 5.69 Å². The van der Waals surface area contributed by atoms with E-state index in [9.17, 15) is 4.79 Å².